The molecule has 0 saturated carbocycles. The molecule has 10 heteroatoms. The van der Waals surface area contributed by atoms with Crippen LogP contribution < -0.4 is 27.0 Å². The van der Waals surface area contributed by atoms with E-state index < -0.39 is 35.3 Å². The summed E-state index contributed by atoms with van der Waals surface area (Å²) in [4.78, 5) is 37.2. The van der Waals surface area contributed by atoms with E-state index in [4.69, 9.17) is 5.73 Å². The molecule has 3 amide bonds. The van der Waals surface area contributed by atoms with Gasteiger partial charge in [-0.1, -0.05) is 17.7 Å². The minimum absolute atomic E-state index is 0.0873. The fourth-order valence-corrected chi connectivity index (χ4v) is 4.32. The van der Waals surface area contributed by atoms with Gasteiger partial charge in [0.15, 0.2) is 0 Å². The van der Waals surface area contributed by atoms with Crippen LogP contribution >= 0.6 is 11.8 Å². The number of nitrogens with one attached hydrogen (secondary N) is 4. The van der Waals surface area contributed by atoms with Crippen molar-refractivity contribution < 1.29 is 18.8 Å². The van der Waals surface area contributed by atoms with E-state index in [0.717, 1.165) is 34.5 Å². The molecule has 1 aliphatic heterocycles. The van der Waals surface area contributed by atoms with E-state index in [9.17, 15) is 18.8 Å². The molecule has 1 aliphatic rings. The van der Waals surface area contributed by atoms with Gasteiger partial charge in [-0.2, -0.15) is 0 Å². The Morgan fingerprint density at radius 1 is 1.12 bits per heavy atom. The number of carbonyl (C=O) groups is 3. The third-order valence-electron chi connectivity index (χ3n) is 4.97. The molecule has 3 atom stereocenters. The Kier molecular flexibility index (Phi) is 7.49. The molecule has 2 aromatic carbocycles. The molecule has 0 bridgehead atoms. The van der Waals surface area contributed by atoms with Crippen molar-refractivity contribution >= 4 is 35.2 Å². The zero-order valence-electron chi connectivity index (χ0n) is 18.0. The maximum atomic E-state index is 13.0. The number of halogens is 1. The number of amides is 3. The van der Waals surface area contributed by atoms with Crippen LogP contribution in [0.2, 0.25) is 0 Å². The Morgan fingerprint density at radius 2 is 1.75 bits per heavy atom. The molecule has 0 spiro atoms. The van der Waals surface area contributed by atoms with Gasteiger partial charge in [-0.05, 0) is 56.2 Å². The van der Waals surface area contributed by atoms with Gasteiger partial charge >= 0.3 is 0 Å². The van der Waals surface area contributed by atoms with Crippen molar-refractivity contribution in [2.45, 2.75) is 38.5 Å². The molecule has 1 heterocycles. The van der Waals surface area contributed by atoms with Gasteiger partial charge in [-0.15, -0.1) is 11.8 Å². The number of carbonyl (C=O) groups excluding carboxylic acids is 3. The lowest BCUT2D eigenvalue weighted by atomic mass is 10.1. The van der Waals surface area contributed by atoms with E-state index in [0.29, 0.717) is 0 Å². The Bertz CT molecular complexity index is 1010. The maximum Gasteiger partial charge on any atom is 0.252 e. The maximum absolute atomic E-state index is 13.0. The highest BCUT2D eigenvalue weighted by Crippen LogP contribution is 2.22. The van der Waals surface area contributed by atoms with Crippen LogP contribution in [0, 0.1) is 26.6 Å². The van der Waals surface area contributed by atoms with Crippen molar-refractivity contribution in [3.05, 3.63) is 64.5 Å². The van der Waals surface area contributed by atoms with E-state index in [2.05, 4.69) is 21.3 Å². The average molecular weight is 460 g/mol. The second-order valence-electron chi connectivity index (χ2n) is 7.67. The number of rotatable bonds is 6. The lowest BCUT2D eigenvalue weighted by molar-refractivity contribution is -0.125. The van der Waals surface area contributed by atoms with Gasteiger partial charge in [0.2, 0.25) is 11.8 Å². The van der Waals surface area contributed by atoms with Crippen LogP contribution in [0.5, 0.6) is 0 Å². The summed E-state index contributed by atoms with van der Waals surface area (Å²) in [5.74, 6) is -1.61. The van der Waals surface area contributed by atoms with Crippen LogP contribution in [0.4, 0.5) is 10.1 Å². The number of thioether (sulfide) groups is 1. The van der Waals surface area contributed by atoms with Crippen molar-refractivity contribution in [2.75, 3.05) is 11.1 Å². The highest BCUT2D eigenvalue weighted by atomic mass is 32.2. The quantitative estimate of drug-likeness (QED) is 0.446. The van der Waals surface area contributed by atoms with Gasteiger partial charge in [-0.3, -0.25) is 19.7 Å². The number of nitrogens with two attached hydrogens (primary N) is 1. The first kappa shape index (κ1) is 23.7. The lowest BCUT2D eigenvalue weighted by Gasteiger charge is -2.35. The fraction of sp³-hybridized carbons (Fsp3) is 0.318. The number of hydrogen-bond acceptors (Lipinski definition) is 6. The topological polar surface area (TPSA) is 125 Å². The normalized spacial score (nSPS) is 20.4. The first-order valence-corrected chi connectivity index (χ1v) is 11.1. The number of hydrogen-bond donors (Lipinski definition) is 5. The van der Waals surface area contributed by atoms with Crippen molar-refractivity contribution in [2.24, 2.45) is 5.73 Å². The van der Waals surface area contributed by atoms with Gasteiger partial charge in [0.05, 0.1) is 11.9 Å². The van der Waals surface area contributed by atoms with Gasteiger partial charge in [-0.25, -0.2) is 4.39 Å². The third kappa shape index (κ3) is 5.84. The fourth-order valence-electron chi connectivity index (χ4n) is 3.48. The molecule has 170 valence electrons. The molecule has 0 radical (unpaired) electrons. The van der Waals surface area contributed by atoms with E-state index in [1.54, 1.807) is 0 Å². The monoisotopic (exact) mass is 459 g/mol. The molecule has 3 unspecified atom stereocenters. The second kappa shape index (κ2) is 10.1. The highest BCUT2D eigenvalue weighted by Gasteiger charge is 2.35. The lowest BCUT2D eigenvalue weighted by Crippen LogP contribution is -2.70. The molecule has 32 heavy (non-hydrogen) atoms. The minimum Gasteiger partial charge on any atom is -0.338 e. The molecule has 1 saturated heterocycles. The molecular weight excluding hydrogens is 433 g/mol. The first-order chi connectivity index (χ1) is 15.1. The molecule has 0 aliphatic carbocycles. The summed E-state index contributed by atoms with van der Waals surface area (Å²) in [7, 11) is 0. The van der Waals surface area contributed by atoms with Crippen LogP contribution in [0.15, 0.2) is 36.4 Å². The Balaban J connectivity index is 1.52. The summed E-state index contributed by atoms with van der Waals surface area (Å²) >= 11 is 1.18. The number of anilines is 1. The average Bonchev–Trinajstić information content (AvgIpc) is 2.72. The van der Waals surface area contributed by atoms with E-state index in [1.165, 1.54) is 23.9 Å². The van der Waals surface area contributed by atoms with Crippen LogP contribution in [0.3, 0.4) is 0 Å². The number of benzene rings is 2. The SMILES string of the molecule is Cc1cc(C)c(NC(=O)CSC2NC(=O)C(NC(=O)c3ccc(F)cc3)C(N)N2)c(C)c1. The smallest absolute Gasteiger partial charge is 0.252 e. The van der Waals surface area contributed by atoms with E-state index in [-0.39, 0.29) is 17.2 Å². The predicted octanol–water partition coefficient (Wildman–Crippen LogP) is 1.51. The second-order valence-corrected chi connectivity index (χ2v) is 8.77. The Hall–Kier alpha value is -2.95. The van der Waals surface area contributed by atoms with Crippen LogP contribution in [-0.2, 0) is 9.59 Å². The molecule has 6 N–H and O–H groups in total. The van der Waals surface area contributed by atoms with Gasteiger partial charge in [0.1, 0.15) is 17.4 Å². The summed E-state index contributed by atoms with van der Waals surface area (Å²) < 4.78 is 13.0. The van der Waals surface area contributed by atoms with Crippen molar-refractivity contribution in [3.8, 4) is 0 Å². The van der Waals surface area contributed by atoms with Crippen LogP contribution in [0.1, 0.15) is 27.0 Å². The van der Waals surface area contributed by atoms with E-state index in [1.807, 2.05) is 32.9 Å². The predicted molar refractivity (Wildman–Crippen MR) is 122 cm³/mol. The molecule has 8 nitrogen and oxygen atoms in total. The van der Waals surface area contributed by atoms with Gasteiger partial charge in [0.25, 0.3) is 5.91 Å². The van der Waals surface area contributed by atoms with Crippen molar-refractivity contribution in [1.29, 1.82) is 0 Å². The van der Waals surface area contributed by atoms with Crippen LogP contribution in [-0.4, -0.2) is 41.2 Å². The summed E-state index contributed by atoms with van der Waals surface area (Å²) in [6, 6.07) is 7.93. The Labute approximate surface area is 189 Å². The molecule has 3 rings (SSSR count). The molecule has 2 aromatic rings. The Morgan fingerprint density at radius 3 is 2.34 bits per heavy atom. The first-order valence-electron chi connectivity index (χ1n) is 10.0. The zero-order chi connectivity index (χ0) is 23.4. The molecular formula is C22H26FN5O3S. The van der Waals surface area contributed by atoms with Crippen LogP contribution in [0.25, 0.3) is 0 Å². The van der Waals surface area contributed by atoms with E-state index >= 15 is 0 Å². The highest BCUT2D eigenvalue weighted by molar-refractivity contribution is 8.00. The largest absolute Gasteiger partial charge is 0.338 e. The summed E-state index contributed by atoms with van der Waals surface area (Å²) in [6.45, 7) is 5.87. The summed E-state index contributed by atoms with van der Waals surface area (Å²) in [5, 5.41) is 11.1. The molecule has 1 fully saturated rings. The minimum atomic E-state index is -1.02. The van der Waals surface area contributed by atoms with Crippen molar-refractivity contribution in [1.82, 2.24) is 16.0 Å². The summed E-state index contributed by atoms with van der Waals surface area (Å²) in [6.07, 6.45) is -0.865. The van der Waals surface area contributed by atoms with Crippen molar-refractivity contribution in [3.63, 3.8) is 0 Å². The number of aryl methyl sites for hydroxylation is 3. The standard InChI is InChI=1S/C22H26FN5O3S/c1-11-8-12(2)17(13(3)9-11)25-16(29)10-32-22-27-19(24)18(21(31)28-22)26-20(30)14-4-6-15(23)7-5-14/h4-9,18-19,22,27H,10,24H2,1-3H3,(H,25,29)(H,26,30)(H,28,31). The molecule has 0 aromatic heterocycles. The summed E-state index contributed by atoms with van der Waals surface area (Å²) in [5.41, 5.74) is 9.51. The third-order valence-corrected chi connectivity index (χ3v) is 5.99. The van der Waals surface area contributed by atoms with Gasteiger partial charge in [0, 0.05) is 11.3 Å². The zero-order valence-corrected chi connectivity index (χ0v) is 18.8. The van der Waals surface area contributed by atoms with Gasteiger partial charge < -0.3 is 21.7 Å².